The Morgan fingerprint density at radius 3 is 2.80 bits per heavy atom. The summed E-state index contributed by atoms with van der Waals surface area (Å²) in [5, 5.41) is 4.20. The van der Waals surface area contributed by atoms with E-state index in [9.17, 15) is 0 Å². The third-order valence-corrected chi connectivity index (χ3v) is 3.71. The first-order valence-corrected chi connectivity index (χ1v) is 7.11. The molecule has 1 N–H and O–H groups in total. The van der Waals surface area contributed by atoms with Gasteiger partial charge in [-0.15, -0.1) is 0 Å². The Balaban J connectivity index is 2.36. The predicted octanol–water partition coefficient (Wildman–Crippen LogP) is 4.09. The SMILES string of the molecule is CCNC(c1ccc(COC)o1)c1cccc(C)c1Cl. The molecule has 2 rings (SSSR count). The zero-order valence-corrected chi connectivity index (χ0v) is 12.8. The molecule has 1 atom stereocenters. The summed E-state index contributed by atoms with van der Waals surface area (Å²) in [6.45, 7) is 5.37. The van der Waals surface area contributed by atoms with Gasteiger partial charge in [-0.2, -0.15) is 0 Å². The fraction of sp³-hybridized carbons (Fsp3) is 0.375. The van der Waals surface area contributed by atoms with Gasteiger partial charge in [0.1, 0.15) is 18.1 Å². The van der Waals surface area contributed by atoms with Gasteiger partial charge in [-0.05, 0) is 36.7 Å². The van der Waals surface area contributed by atoms with Gasteiger partial charge in [0.25, 0.3) is 0 Å². The summed E-state index contributed by atoms with van der Waals surface area (Å²) < 4.78 is 10.9. The molecule has 0 fully saturated rings. The lowest BCUT2D eigenvalue weighted by atomic mass is 10.0. The number of hydrogen-bond acceptors (Lipinski definition) is 3. The summed E-state index contributed by atoms with van der Waals surface area (Å²) in [7, 11) is 1.65. The van der Waals surface area contributed by atoms with Crippen molar-refractivity contribution in [2.24, 2.45) is 0 Å². The fourth-order valence-corrected chi connectivity index (χ4v) is 2.47. The number of furan rings is 1. The molecule has 0 radical (unpaired) electrons. The van der Waals surface area contributed by atoms with Crippen LogP contribution in [0.1, 0.15) is 35.6 Å². The first-order valence-electron chi connectivity index (χ1n) is 6.73. The Hall–Kier alpha value is -1.29. The van der Waals surface area contributed by atoms with E-state index >= 15 is 0 Å². The van der Waals surface area contributed by atoms with Gasteiger partial charge in [-0.1, -0.05) is 36.7 Å². The van der Waals surface area contributed by atoms with Crippen LogP contribution in [0.3, 0.4) is 0 Å². The summed E-state index contributed by atoms with van der Waals surface area (Å²) in [4.78, 5) is 0. The normalized spacial score (nSPS) is 12.6. The van der Waals surface area contributed by atoms with Crippen LogP contribution in [0.25, 0.3) is 0 Å². The van der Waals surface area contributed by atoms with E-state index in [0.717, 1.165) is 34.2 Å². The molecule has 1 aromatic heterocycles. The fourth-order valence-electron chi connectivity index (χ4n) is 2.23. The Labute approximate surface area is 124 Å². The van der Waals surface area contributed by atoms with Crippen molar-refractivity contribution in [3.63, 3.8) is 0 Å². The molecule has 0 aliphatic carbocycles. The quantitative estimate of drug-likeness (QED) is 0.871. The summed E-state index contributed by atoms with van der Waals surface area (Å²) in [6.07, 6.45) is 0. The molecular weight excluding hydrogens is 274 g/mol. The van der Waals surface area contributed by atoms with E-state index in [1.807, 2.05) is 37.3 Å². The third-order valence-electron chi connectivity index (χ3n) is 3.19. The van der Waals surface area contributed by atoms with Crippen molar-refractivity contribution in [3.8, 4) is 0 Å². The molecule has 0 spiro atoms. The van der Waals surface area contributed by atoms with Gasteiger partial charge >= 0.3 is 0 Å². The molecule has 20 heavy (non-hydrogen) atoms. The number of rotatable bonds is 6. The Bertz CT molecular complexity index is 565. The van der Waals surface area contributed by atoms with E-state index in [1.165, 1.54) is 0 Å². The van der Waals surface area contributed by atoms with Crippen LogP contribution in [-0.4, -0.2) is 13.7 Å². The van der Waals surface area contributed by atoms with Gasteiger partial charge in [0.15, 0.2) is 0 Å². The lowest BCUT2D eigenvalue weighted by molar-refractivity contribution is 0.162. The molecule has 4 heteroatoms. The molecule has 1 unspecified atom stereocenters. The van der Waals surface area contributed by atoms with E-state index in [1.54, 1.807) is 7.11 Å². The predicted molar refractivity (Wildman–Crippen MR) is 81.1 cm³/mol. The first kappa shape index (κ1) is 15.1. The molecule has 0 saturated heterocycles. The molecule has 0 aliphatic heterocycles. The Kier molecular flexibility index (Phi) is 5.24. The van der Waals surface area contributed by atoms with E-state index in [2.05, 4.69) is 12.2 Å². The van der Waals surface area contributed by atoms with Crippen molar-refractivity contribution < 1.29 is 9.15 Å². The average molecular weight is 294 g/mol. The van der Waals surface area contributed by atoms with Gasteiger partial charge in [0.05, 0.1) is 6.04 Å². The van der Waals surface area contributed by atoms with E-state index in [4.69, 9.17) is 20.8 Å². The number of ether oxygens (including phenoxy) is 1. The lowest BCUT2D eigenvalue weighted by Gasteiger charge is -2.18. The molecule has 2 aromatic rings. The van der Waals surface area contributed by atoms with Gasteiger partial charge in [-0.3, -0.25) is 0 Å². The van der Waals surface area contributed by atoms with Crippen LogP contribution < -0.4 is 5.32 Å². The van der Waals surface area contributed by atoms with Crippen LogP contribution in [-0.2, 0) is 11.3 Å². The van der Waals surface area contributed by atoms with Crippen molar-refractivity contribution in [2.75, 3.05) is 13.7 Å². The molecule has 3 nitrogen and oxygen atoms in total. The highest BCUT2D eigenvalue weighted by atomic mass is 35.5. The van der Waals surface area contributed by atoms with Gasteiger partial charge in [-0.25, -0.2) is 0 Å². The maximum absolute atomic E-state index is 6.44. The Morgan fingerprint density at radius 2 is 2.10 bits per heavy atom. The van der Waals surface area contributed by atoms with Gasteiger partial charge in [0.2, 0.25) is 0 Å². The van der Waals surface area contributed by atoms with Crippen molar-refractivity contribution in [1.82, 2.24) is 5.32 Å². The second kappa shape index (κ2) is 6.93. The number of nitrogens with one attached hydrogen (secondary N) is 1. The van der Waals surface area contributed by atoms with E-state index in [-0.39, 0.29) is 6.04 Å². The monoisotopic (exact) mass is 293 g/mol. The second-order valence-corrected chi connectivity index (χ2v) is 5.08. The minimum absolute atomic E-state index is 0.0435. The topological polar surface area (TPSA) is 34.4 Å². The van der Waals surface area contributed by atoms with E-state index < -0.39 is 0 Å². The number of hydrogen-bond donors (Lipinski definition) is 1. The van der Waals surface area contributed by atoms with Crippen LogP contribution in [0.15, 0.2) is 34.7 Å². The first-order chi connectivity index (χ1) is 9.67. The molecule has 0 aliphatic rings. The molecular formula is C16H20ClNO2. The molecule has 1 aromatic carbocycles. The summed E-state index contributed by atoms with van der Waals surface area (Å²) in [5.41, 5.74) is 2.10. The van der Waals surface area contributed by atoms with Crippen LogP contribution in [0.4, 0.5) is 0 Å². The molecule has 0 bridgehead atoms. The lowest BCUT2D eigenvalue weighted by Crippen LogP contribution is -2.22. The molecule has 108 valence electrons. The van der Waals surface area contributed by atoms with Crippen molar-refractivity contribution >= 4 is 11.6 Å². The van der Waals surface area contributed by atoms with Crippen molar-refractivity contribution in [1.29, 1.82) is 0 Å². The maximum Gasteiger partial charge on any atom is 0.129 e. The van der Waals surface area contributed by atoms with Crippen LogP contribution in [0.2, 0.25) is 5.02 Å². The zero-order chi connectivity index (χ0) is 14.5. The summed E-state index contributed by atoms with van der Waals surface area (Å²) in [5.74, 6) is 1.67. The van der Waals surface area contributed by atoms with Crippen molar-refractivity contribution in [2.45, 2.75) is 26.5 Å². The molecule has 0 amide bonds. The van der Waals surface area contributed by atoms with Crippen LogP contribution in [0, 0.1) is 6.92 Å². The number of benzene rings is 1. The second-order valence-electron chi connectivity index (χ2n) is 4.71. The minimum Gasteiger partial charge on any atom is -0.462 e. The number of aryl methyl sites for hydroxylation is 1. The minimum atomic E-state index is -0.0435. The smallest absolute Gasteiger partial charge is 0.129 e. The molecule has 1 heterocycles. The van der Waals surface area contributed by atoms with Crippen LogP contribution in [0.5, 0.6) is 0 Å². The highest BCUT2D eigenvalue weighted by Gasteiger charge is 2.20. The van der Waals surface area contributed by atoms with Gasteiger partial charge < -0.3 is 14.5 Å². The third kappa shape index (κ3) is 3.23. The summed E-state index contributed by atoms with van der Waals surface area (Å²) >= 11 is 6.44. The number of halogens is 1. The van der Waals surface area contributed by atoms with E-state index in [0.29, 0.717) is 6.61 Å². The zero-order valence-electron chi connectivity index (χ0n) is 12.1. The highest BCUT2D eigenvalue weighted by Crippen LogP contribution is 2.31. The summed E-state index contributed by atoms with van der Waals surface area (Å²) in [6, 6.07) is 9.92. The average Bonchev–Trinajstić information content (AvgIpc) is 2.88. The largest absolute Gasteiger partial charge is 0.462 e. The van der Waals surface area contributed by atoms with Crippen molar-refractivity contribution in [3.05, 3.63) is 58.0 Å². The Morgan fingerprint density at radius 1 is 1.30 bits per heavy atom. The highest BCUT2D eigenvalue weighted by molar-refractivity contribution is 6.32. The molecule has 0 saturated carbocycles. The maximum atomic E-state index is 6.44. The van der Waals surface area contributed by atoms with Gasteiger partial charge in [0, 0.05) is 12.1 Å². The standard InChI is InChI=1S/C16H20ClNO2/c1-4-18-16(13-7-5-6-11(2)15(13)17)14-9-8-12(20-14)10-19-3/h5-9,16,18H,4,10H2,1-3H3. The van der Waals surface area contributed by atoms with Crippen LogP contribution >= 0.6 is 11.6 Å². The number of methoxy groups -OCH3 is 1.